The predicted molar refractivity (Wildman–Crippen MR) is 123 cm³/mol. The smallest absolute Gasteiger partial charge is 0.407 e. The van der Waals surface area contributed by atoms with Crippen LogP contribution in [0, 0.1) is 11.3 Å². The van der Waals surface area contributed by atoms with Gasteiger partial charge in [-0.15, -0.1) is 0 Å². The molecule has 3 saturated heterocycles. The van der Waals surface area contributed by atoms with Gasteiger partial charge in [-0.3, -0.25) is 4.90 Å². The molecule has 4 aliphatic rings. The Balaban J connectivity index is 1.37. The molecule has 6 heteroatoms. The predicted octanol–water partition coefficient (Wildman–Crippen LogP) is 4.64. The van der Waals surface area contributed by atoms with Crippen molar-refractivity contribution in [2.75, 3.05) is 33.4 Å². The number of amides is 1. The number of fused-ring (bicyclic) bond motifs is 4. The fourth-order valence-electron chi connectivity index (χ4n) is 5.32. The van der Waals surface area contributed by atoms with Crippen LogP contribution in [0.2, 0.25) is 0 Å². The highest BCUT2D eigenvalue weighted by molar-refractivity contribution is 5.73. The van der Waals surface area contributed by atoms with Crippen LogP contribution in [-0.2, 0) is 4.74 Å². The fraction of sp³-hybridized carbons (Fsp3) is 0.500. The molecule has 1 N–H and O–H groups in total. The van der Waals surface area contributed by atoms with Gasteiger partial charge in [-0.05, 0) is 49.5 Å². The number of alkyl carbamates (subject to hydrolysis) is 1. The fourth-order valence-corrected chi connectivity index (χ4v) is 5.32. The molecule has 32 heavy (non-hydrogen) atoms. The number of carbonyl (C=O) groups excluding carboxylic acids is 1. The molecule has 0 aromatic heterocycles. The van der Waals surface area contributed by atoms with Crippen molar-refractivity contribution < 1.29 is 19.0 Å². The zero-order chi connectivity index (χ0) is 22.3. The van der Waals surface area contributed by atoms with E-state index >= 15 is 0 Å². The average molecular weight is 437 g/mol. The Morgan fingerprint density at radius 2 is 1.94 bits per heavy atom. The quantitative estimate of drug-likeness (QED) is 0.757. The molecule has 3 fully saturated rings. The van der Waals surface area contributed by atoms with Crippen LogP contribution in [0.4, 0.5) is 4.79 Å². The summed E-state index contributed by atoms with van der Waals surface area (Å²) in [4.78, 5) is 15.3. The van der Waals surface area contributed by atoms with Crippen molar-refractivity contribution in [3.05, 3.63) is 48.0 Å². The number of ether oxygens (including phenoxy) is 3. The van der Waals surface area contributed by atoms with Gasteiger partial charge in [0.15, 0.2) is 0 Å². The third-order valence-corrected chi connectivity index (χ3v) is 7.24. The molecular weight excluding hydrogens is 404 g/mol. The average Bonchev–Trinajstić information content (AvgIpc) is 2.81. The van der Waals surface area contributed by atoms with Gasteiger partial charge in [0.25, 0.3) is 0 Å². The van der Waals surface area contributed by atoms with Crippen LogP contribution in [-0.4, -0.2) is 50.4 Å². The zero-order valence-corrected chi connectivity index (χ0v) is 19.1. The van der Waals surface area contributed by atoms with Crippen molar-refractivity contribution in [3.8, 4) is 22.6 Å². The van der Waals surface area contributed by atoms with Gasteiger partial charge >= 0.3 is 6.09 Å². The maximum Gasteiger partial charge on any atom is 0.407 e. The molecule has 2 atom stereocenters. The Bertz CT molecular complexity index is 997. The van der Waals surface area contributed by atoms with Gasteiger partial charge in [-0.25, -0.2) is 4.79 Å². The lowest BCUT2D eigenvalue weighted by Crippen LogP contribution is -2.53. The topological polar surface area (TPSA) is 60.0 Å². The van der Waals surface area contributed by atoms with Crippen LogP contribution in [0.25, 0.3) is 11.1 Å². The minimum absolute atomic E-state index is 0.00663. The lowest BCUT2D eigenvalue weighted by molar-refractivity contribution is -0.0361. The van der Waals surface area contributed by atoms with E-state index in [0.717, 1.165) is 60.7 Å². The van der Waals surface area contributed by atoms with E-state index in [9.17, 15) is 4.79 Å². The molecule has 0 aliphatic carbocycles. The number of nitrogens with zero attached hydrogens (tertiary/aromatic N) is 1. The molecule has 6 rings (SSSR count). The SMILES string of the molecule is COc1ccccc1-c1ccc2c(c1)OCC(C)(C)C2NC(=O)O[C@H]1CN2CCC1CC2. The lowest BCUT2D eigenvalue weighted by atomic mass is 9.78. The highest BCUT2D eigenvalue weighted by atomic mass is 16.6. The van der Waals surface area contributed by atoms with E-state index in [2.05, 4.69) is 36.2 Å². The number of piperidine rings is 3. The van der Waals surface area contributed by atoms with Crippen molar-refractivity contribution in [1.82, 2.24) is 10.2 Å². The maximum absolute atomic E-state index is 12.9. The molecule has 0 radical (unpaired) electrons. The molecule has 0 spiro atoms. The van der Waals surface area contributed by atoms with Crippen molar-refractivity contribution in [2.24, 2.45) is 11.3 Å². The van der Waals surface area contributed by atoms with Gasteiger partial charge in [-0.1, -0.05) is 44.2 Å². The van der Waals surface area contributed by atoms with Gasteiger partial charge in [0.1, 0.15) is 17.6 Å². The Morgan fingerprint density at radius 1 is 1.16 bits per heavy atom. The Hall–Kier alpha value is -2.73. The third-order valence-electron chi connectivity index (χ3n) is 7.24. The summed E-state index contributed by atoms with van der Waals surface area (Å²) in [5, 5.41) is 3.17. The van der Waals surface area contributed by atoms with E-state index in [4.69, 9.17) is 14.2 Å². The molecule has 2 bridgehead atoms. The second kappa shape index (κ2) is 8.32. The third kappa shape index (κ3) is 3.92. The summed E-state index contributed by atoms with van der Waals surface area (Å²) in [7, 11) is 1.68. The molecule has 4 heterocycles. The summed E-state index contributed by atoms with van der Waals surface area (Å²) in [6.07, 6.45) is 1.90. The van der Waals surface area contributed by atoms with Gasteiger partial charge in [-0.2, -0.15) is 0 Å². The Morgan fingerprint density at radius 3 is 2.66 bits per heavy atom. The molecule has 0 saturated carbocycles. The molecule has 2 aromatic rings. The second-order valence-electron chi connectivity index (χ2n) is 9.89. The number of carbonyl (C=O) groups is 1. The number of methoxy groups -OCH3 is 1. The number of nitrogens with one attached hydrogen (secondary N) is 1. The summed E-state index contributed by atoms with van der Waals surface area (Å²) in [6, 6.07) is 13.9. The van der Waals surface area contributed by atoms with Crippen LogP contribution < -0.4 is 14.8 Å². The number of para-hydroxylation sites is 1. The van der Waals surface area contributed by atoms with E-state index in [0.29, 0.717) is 12.5 Å². The van der Waals surface area contributed by atoms with Crippen LogP contribution in [0.5, 0.6) is 11.5 Å². The van der Waals surface area contributed by atoms with Crippen molar-refractivity contribution >= 4 is 6.09 Å². The molecule has 2 aromatic carbocycles. The van der Waals surface area contributed by atoms with Crippen LogP contribution >= 0.6 is 0 Å². The van der Waals surface area contributed by atoms with E-state index in [1.54, 1.807) is 7.11 Å². The minimum Gasteiger partial charge on any atom is -0.496 e. The van der Waals surface area contributed by atoms with Crippen molar-refractivity contribution in [2.45, 2.75) is 38.8 Å². The summed E-state index contributed by atoms with van der Waals surface area (Å²) >= 11 is 0. The summed E-state index contributed by atoms with van der Waals surface area (Å²) in [6.45, 7) is 7.85. The highest BCUT2D eigenvalue weighted by Gasteiger charge is 2.41. The van der Waals surface area contributed by atoms with Gasteiger partial charge in [0.05, 0.1) is 19.8 Å². The van der Waals surface area contributed by atoms with Crippen LogP contribution in [0.1, 0.15) is 38.3 Å². The number of hydrogen-bond donors (Lipinski definition) is 1. The standard InChI is InChI=1S/C26H32N2O4/c1-26(2)16-31-22-14-18(19-6-4-5-7-21(19)30-3)8-9-20(22)24(26)27-25(29)32-23-15-28-12-10-17(23)11-13-28/h4-9,14,17,23-24H,10-13,15-16H2,1-3H3,(H,27,29)/t23-,24?/m0/s1. The summed E-state index contributed by atoms with van der Waals surface area (Å²) in [5.74, 6) is 2.10. The van der Waals surface area contributed by atoms with E-state index in [1.807, 2.05) is 30.3 Å². The van der Waals surface area contributed by atoms with Crippen molar-refractivity contribution in [3.63, 3.8) is 0 Å². The van der Waals surface area contributed by atoms with E-state index in [-0.39, 0.29) is 23.7 Å². The number of rotatable bonds is 4. The summed E-state index contributed by atoms with van der Waals surface area (Å²) < 4.78 is 17.6. The monoisotopic (exact) mass is 436 g/mol. The van der Waals surface area contributed by atoms with Crippen LogP contribution in [0.3, 0.4) is 0 Å². The first kappa shape index (κ1) is 21.1. The number of hydrogen-bond acceptors (Lipinski definition) is 5. The number of benzene rings is 2. The van der Waals surface area contributed by atoms with Gasteiger partial charge < -0.3 is 19.5 Å². The lowest BCUT2D eigenvalue weighted by Gasteiger charge is -2.44. The highest BCUT2D eigenvalue weighted by Crippen LogP contribution is 2.45. The molecule has 1 amide bonds. The minimum atomic E-state index is -0.330. The molecule has 170 valence electrons. The largest absolute Gasteiger partial charge is 0.496 e. The van der Waals surface area contributed by atoms with E-state index < -0.39 is 0 Å². The molecule has 1 unspecified atom stereocenters. The van der Waals surface area contributed by atoms with Crippen molar-refractivity contribution in [1.29, 1.82) is 0 Å². The Kier molecular flexibility index (Phi) is 5.49. The van der Waals surface area contributed by atoms with E-state index in [1.165, 1.54) is 0 Å². The first-order valence-corrected chi connectivity index (χ1v) is 11.5. The van der Waals surface area contributed by atoms with Gasteiger partial charge in [0, 0.05) is 23.1 Å². The Labute approximate surface area is 189 Å². The summed E-state index contributed by atoms with van der Waals surface area (Å²) in [5.41, 5.74) is 2.75. The first-order chi connectivity index (χ1) is 15.4. The zero-order valence-electron chi connectivity index (χ0n) is 19.1. The maximum atomic E-state index is 12.9. The van der Waals surface area contributed by atoms with Gasteiger partial charge in [0.2, 0.25) is 0 Å². The normalized spacial score (nSPS) is 27.7. The second-order valence-corrected chi connectivity index (χ2v) is 9.89. The molecule has 4 aliphatic heterocycles. The molecular formula is C26H32N2O4. The first-order valence-electron chi connectivity index (χ1n) is 11.5. The van der Waals surface area contributed by atoms with Crippen LogP contribution in [0.15, 0.2) is 42.5 Å². The molecule has 6 nitrogen and oxygen atoms in total.